The smallest absolute Gasteiger partial charge is 0.319 e. The van der Waals surface area contributed by atoms with Gasteiger partial charge in [-0.25, -0.2) is 0 Å². The number of unbranched alkanes of at least 4 members (excludes halogenated alkanes) is 1. The Kier molecular flexibility index (Phi) is 7.11. The first-order valence-electron chi connectivity index (χ1n) is 6.65. The summed E-state index contributed by atoms with van der Waals surface area (Å²) in [5.41, 5.74) is 1.28. The predicted molar refractivity (Wildman–Crippen MR) is 73.6 cm³/mol. The summed E-state index contributed by atoms with van der Waals surface area (Å²) in [4.78, 5) is 11.4. The third-order valence-corrected chi connectivity index (χ3v) is 2.85. The summed E-state index contributed by atoms with van der Waals surface area (Å²) < 4.78 is 5.07. The summed E-state index contributed by atoms with van der Waals surface area (Å²) in [6, 6.07) is 10.3. The fraction of sp³-hybridized carbons (Fsp3) is 0.533. The van der Waals surface area contributed by atoms with Crippen molar-refractivity contribution in [2.24, 2.45) is 0 Å². The zero-order valence-electron chi connectivity index (χ0n) is 11.3. The van der Waals surface area contributed by atoms with E-state index in [1.54, 1.807) is 0 Å². The normalized spacial score (nSPS) is 12.1. The minimum Gasteiger partial charge on any atom is -0.465 e. The Morgan fingerprint density at radius 3 is 2.72 bits per heavy atom. The van der Waals surface area contributed by atoms with Gasteiger partial charge in [0.2, 0.25) is 0 Å². The van der Waals surface area contributed by atoms with Crippen molar-refractivity contribution in [2.75, 3.05) is 19.7 Å². The lowest BCUT2D eigenvalue weighted by Gasteiger charge is -2.12. The second kappa shape index (κ2) is 8.70. The lowest BCUT2D eigenvalue weighted by atomic mass is 10.0. The molecule has 0 spiro atoms. The van der Waals surface area contributed by atoms with Crippen LogP contribution in [0.3, 0.4) is 0 Å². The molecule has 1 rings (SSSR count). The van der Waals surface area contributed by atoms with Crippen LogP contribution in [0.2, 0.25) is 0 Å². The molecule has 0 fully saturated rings. The lowest BCUT2D eigenvalue weighted by molar-refractivity contribution is -0.142. The Balaban J connectivity index is 2.16. The standard InChI is InChI=1S/C15H23NO2/c1-3-4-10-18-15(17)12-16-11-13(2)14-8-6-5-7-9-14/h5-9,13,16H,3-4,10-12H2,1-2H3. The van der Waals surface area contributed by atoms with Crippen LogP contribution in [0.15, 0.2) is 30.3 Å². The molecule has 1 aromatic rings. The molecule has 0 saturated heterocycles. The second-order valence-electron chi connectivity index (χ2n) is 4.52. The zero-order valence-corrected chi connectivity index (χ0v) is 11.3. The van der Waals surface area contributed by atoms with E-state index in [-0.39, 0.29) is 5.97 Å². The Morgan fingerprint density at radius 1 is 1.33 bits per heavy atom. The number of nitrogens with one attached hydrogen (secondary N) is 1. The highest BCUT2D eigenvalue weighted by molar-refractivity contribution is 5.71. The van der Waals surface area contributed by atoms with Crippen molar-refractivity contribution in [1.82, 2.24) is 5.32 Å². The van der Waals surface area contributed by atoms with E-state index in [9.17, 15) is 4.79 Å². The Morgan fingerprint density at radius 2 is 2.06 bits per heavy atom. The van der Waals surface area contributed by atoms with Crippen molar-refractivity contribution in [3.8, 4) is 0 Å². The van der Waals surface area contributed by atoms with E-state index in [0.717, 1.165) is 19.4 Å². The Labute approximate surface area is 110 Å². The highest BCUT2D eigenvalue weighted by Gasteiger charge is 2.06. The van der Waals surface area contributed by atoms with Gasteiger partial charge in [0.15, 0.2) is 0 Å². The highest BCUT2D eigenvalue weighted by Crippen LogP contribution is 2.12. The van der Waals surface area contributed by atoms with Gasteiger partial charge in [-0.2, -0.15) is 0 Å². The molecular formula is C15H23NO2. The van der Waals surface area contributed by atoms with Gasteiger partial charge in [-0.3, -0.25) is 4.79 Å². The van der Waals surface area contributed by atoms with Crippen LogP contribution in [0, 0.1) is 0 Å². The molecule has 3 nitrogen and oxygen atoms in total. The molecule has 0 aliphatic heterocycles. The number of hydrogen-bond acceptors (Lipinski definition) is 3. The van der Waals surface area contributed by atoms with Crippen LogP contribution in [-0.4, -0.2) is 25.7 Å². The van der Waals surface area contributed by atoms with Crippen LogP contribution in [0.1, 0.15) is 38.2 Å². The van der Waals surface area contributed by atoms with E-state index < -0.39 is 0 Å². The van der Waals surface area contributed by atoms with E-state index in [1.807, 2.05) is 18.2 Å². The van der Waals surface area contributed by atoms with E-state index in [1.165, 1.54) is 5.56 Å². The van der Waals surface area contributed by atoms with E-state index in [4.69, 9.17) is 4.74 Å². The molecule has 0 saturated carbocycles. The van der Waals surface area contributed by atoms with Gasteiger partial charge in [-0.1, -0.05) is 50.6 Å². The topological polar surface area (TPSA) is 38.3 Å². The molecule has 1 N–H and O–H groups in total. The molecule has 0 aliphatic rings. The largest absolute Gasteiger partial charge is 0.465 e. The van der Waals surface area contributed by atoms with Crippen LogP contribution in [-0.2, 0) is 9.53 Å². The highest BCUT2D eigenvalue weighted by atomic mass is 16.5. The maximum Gasteiger partial charge on any atom is 0.319 e. The fourth-order valence-corrected chi connectivity index (χ4v) is 1.67. The number of rotatable bonds is 8. The van der Waals surface area contributed by atoms with E-state index in [2.05, 4.69) is 31.3 Å². The van der Waals surface area contributed by atoms with Gasteiger partial charge < -0.3 is 10.1 Å². The third-order valence-electron chi connectivity index (χ3n) is 2.85. The summed E-state index contributed by atoms with van der Waals surface area (Å²) in [6.07, 6.45) is 1.98. The number of carbonyl (C=O) groups is 1. The van der Waals surface area contributed by atoms with Crippen molar-refractivity contribution in [1.29, 1.82) is 0 Å². The SMILES string of the molecule is CCCCOC(=O)CNCC(C)c1ccccc1. The van der Waals surface area contributed by atoms with Crippen molar-refractivity contribution in [3.63, 3.8) is 0 Å². The number of hydrogen-bond donors (Lipinski definition) is 1. The van der Waals surface area contributed by atoms with E-state index in [0.29, 0.717) is 19.1 Å². The summed E-state index contributed by atoms with van der Waals surface area (Å²) in [5.74, 6) is 0.235. The van der Waals surface area contributed by atoms with Gasteiger partial charge in [-0.05, 0) is 17.9 Å². The van der Waals surface area contributed by atoms with Gasteiger partial charge in [-0.15, -0.1) is 0 Å². The van der Waals surface area contributed by atoms with Crippen LogP contribution < -0.4 is 5.32 Å². The zero-order chi connectivity index (χ0) is 13.2. The first kappa shape index (κ1) is 14.7. The molecule has 0 radical (unpaired) electrons. The maximum absolute atomic E-state index is 11.4. The number of esters is 1. The molecular weight excluding hydrogens is 226 g/mol. The maximum atomic E-state index is 11.4. The van der Waals surface area contributed by atoms with Crippen LogP contribution in [0.4, 0.5) is 0 Å². The third kappa shape index (κ3) is 5.82. The molecule has 100 valence electrons. The van der Waals surface area contributed by atoms with Gasteiger partial charge in [0.1, 0.15) is 0 Å². The van der Waals surface area contributed by atoms with Crippen LogP contribution in [0.25, 0.3) is 0 Å². The molecule has 18 heavy (non-hydrogen) atoms. The summed E-state index contributed by atoms with van der Waals surface area (Å²) in [5, 5.41) is 3.14. The van der Waals surface area contributed by atoms with Gasteiger partial charge in [0.25, 0.3) is 0 Å². The first-order valence-corrected chi connectivity index (χ1v) is 6.65. The van der Waals surface area contributed by atoms with Crippen molar-refractivity contribution >= 4 is 5.97 Å². The molecule has 0 bridgehead atoms. The van der Waals surface area contributed by atoms with Crippen molar-refractivity contribution < 1.29 is 9.53 Å². The van der Waals surface area contributed by atoms with Gasteiger partial charge >= 0.3 is 5.97 Å². The molecule has 1 aromatic carbocycles. The molecule has 3 heteroatoms. The molecule has 0 heterocycles. The molecule has 0 aromatic heterocycles. The van der Waals surface area contributed by atoms with Crippen LogP contribution >= 0.6 is 0 Å². The number of carbonyl (C=O) groups excluding carboxylic acids is 1. The first-order chi connectivity index (χ1) is 8.74. The number of ether oxygens (including phenoxy) is 1. The Hall–Kier alpha value is -1.35. The quantitative estimate of drug-likeness (QED) is 0.568. The van der Waals surface area contributed by atoms with Gasteiger partial charge in [0.05, 0.1) is 13.2 Å². The minimum absolute atomic E-state index is 0.163. The molecule has 0 aliphatic carbocycles. The molecule has 1 atom stereocenters. The average Bonchev–Trinajstić information content (AvgIpc) is 2.40. The summed E-state index contributed by atoms with van der Waals surface area (Å²) in [6.45, 7) is 5.83. The molecule has 1 unspecified atom stereocenters. The van der Waals surface area contributed by atoms with Crippen molar-refractivity contribution in [3.05, 3.63) is 35.9 Å². The van der Waals surface area contributed by atoms with Crippen LogP contribution in [0.5, 0.6) is 0 Å². The summed E-state index contributed by atoms with van der Waals surface area (Å²) in [7, 11) is 0. The molecule has 0 amide bonds. The number of benzene rings is 1. The second-order valence-corrected chi connectivity index (χ2v) is 4.52. The minimum atomic E-state index is -0.163. The lowest BCUT2D eigenvalue weighted by Crippen LogP contribution is -2.28. The van der Waals surface area contributed by atoms with Crippen molar-refractivity contribution in [2.45, 2.75) is 32.6 Å². The average molecular weight is 249 g/mol. The predicted octanol–water partition coefficient (Wildman–Crippen LogP) is 2.72. The fourth-order valence-electron chi connectivity index (χ4n) is 1.67. The van der Waals surface area contributed by atoms with E-state index >= 15 is 0 Å². The summed E-state index contributed by atoms with van der Waals surface area (Å²) >= 11 is 0. The Bertz CT molecular complexity index is 338. The monoisotopic (exact) mass is 249 g/mol. The van der Waals surface area contributed by atoms with Gasteiger partial charge in [0, 0.05) is 6.54 Å².